The summed E-state index contributed by atoms with van der Waals surface area (Å²) in [7, 11) is 0. The van der Waals surface area contributed by atoms with Gasteiger partial charge in [-0.15, -0.1) is 0 Å². The average molecular weight is 238 g/mol. The van der Waals surface area contributed by atoms with Crippen LogP contribution < -0.4 is 0 Å². The average Bonchev–Trinajstić information content (AvgIpc) is 2.29. The molecule has 0 spiro atoms. The van der Waals surface area contributed by atoms with Crippen LogP contribution in [0.25, 0.3) is 0 Å². The number of esters is 1. The number of rotatable bonds is 6. The van der Waals surface area contributed by atoms with Crippen molar-refractivity contribution < 1.29 is 19.1 Å². The van der Waals surface area contributed by atoms with E-state index in [0.29, 0.717) is 26.1 Å². The standard InChI is InChI=1S/C13H18O4/c1-2-16-13(15)8-3-4-9-17-12-7-5-6-11(14)10-12/h3,8,10H,2,4-7,9H2,1H3/b8-3+. The summed E-state index contributed by atoms with van der Waals surface area (Å²) in [5, 5.41) is 0. The molecule has 1 rings (SSSR count). The fourth-order valence-corrected chi connectivity index (χ4v) is 1.50. The van der Waals surface area contributed by atoms with E-state index in [2.05, 4.69) is 0 Å². The Balaban J connectivity index is 2.15. The number of carbonyl (C=O) groups is 2. The molecule has 4 nitrogen and oxygen atoms in total. The summed E-state index contributed by atoms with van der Waals surface area (Å²) in [6, 6.07) is 0. The van der Waals surface area contributed by atoms with E-state index in [9.17, 15) is 9.59 Å². The monoisotopic (exact) mass is 238 g/mol. The van der Waals surface area contributed by atoms with E-state index >= 15 is 0 Å². The van der Waals surface area contributed by atoms with Gasteiger partial charge in [-0.2, -0.15) is 0 Å². The summed E-state index contributed by atoms with van der Waals surface area (Å²) in [4.78, 5) is 22.0. The predicted octanol–water partition coefficient (Wildman–Crippen LogP) is 2.15. The van der Waals surface area contributed by atoms with Crippen LogP contribution in [0.15, 0.2) is 24.0 Å². The third-order valence-corrected chi connectivity index (χ3v) is 2.28. The minimum Gasteiger partial charge on any atom is -0.497 e. The van der Waals surface area contributed by atoms with Crippen molar-refractivity contribution in [3.63, 3.8) is 0 Å². The highest BCUT2D eigenvalue weighted by molar-refractivity contribution is 5.90. The van der Waals surface area contributed by atoms with Gasteiger partial charge in [-0.1, -0.05) is 6.08 Å². The first-order valence-electron chi connectivity index (χ1n) is 5.92. The third-order valence-electron chi connectivity index (χ3n) is 2.28. The number of carbonyl (C=O) groups excluding carboxylic acids is 2. The Labute approximate surface area is 101 Å². The van der Waals surface area contributed by atoms with Crippen molar-refractivity contribution in [1.29, 1.82) is 0 Å². The number of allylic oxidation sites excluding steroid dienone is 2. The van der Waals surface area contributed by atoms with Crippen LogP contribution in [0.5, 0.6) is 0 Å². The van der Waals surface area contributed by atoms with Crippen molar-refractivity contribution in [2.45, 2.75) is 32.6 Å². The molecule has 0 aromatic carbocycles. The van der Waals surface area contributed by atoms with E-state index in [1.165, 1.54) is 6.08 Å². The molecule has 1 aliphatic carbocycles. The van der Waals surface area contributed by atoms with Crippen LogP contribution in [-0.2, 0) is 19.1 Å². The van der Waals surface area contributed by atoms with E-state index in [0.717, 1.165) is 18.6 Å². The molecular weight excluding hydrogens is 220 g/mol. The van der Waals surface area contributed by atoms with Crippen LogP contribution in [0.1, 0.15) is 32.6 Å². The number of hydrogen-bond donors (Lipinski definition) is 0. The minimum absolute atomic E-state index is 0.133. The molecule has 0 heterocycles. The number of ether oxygens (including phenoxy) is 2. The zero-order valence-corrected chi connectivity index (χ0v) is 10.1. The van der Waals surface area contributed by atoms with Gasteiger partial charge < -0.3 is 9.47 Å². The highest BCUT2D eigenvalue weighted by atomic mass is 16.5. The van der Waals surface area contributed by atoms with Crippen molar-refractivity contribution in [1.82, 2.24) is 0 Å². The molecule has 0 radical (unpaired) electrons. The number of ketones is 1. The highest BCUT2D eigenvalue weighted by Gasteiger charge is 2.10. The van der Waals surface area contributed by atoms with Gasteiger partial charge >= 0.3 is 5.97 Å². The molecular formula is C13H18O4. The molecule has 0 aliphatic heterocycles. The smallest absolute Gasteiger partial charge is 0.330 e. The van der Waals surface area contributed by atoms with Gasteiger partial charge in [-0.05, 0) is 19.8 Å². The van der Waals surface area contributed by atoms with E-state index in [1.807, 2.05) is 0 Å². The maximum atomic E-state index is 11.1. The van der Waals surface area contributed by atoms with E-state index < -0.39 is 0 Å². The molecule has 0 saturated heterocycles. The summed E-state index contributed by atoms with van der Waals surface area (Å²) >= 11 is 0. The van der Waals surface area contributed by atoms with E-state index in [-0.39, 0.29) is 11.8 Å². The topological polar surface area (TPSA) is 52.6 Å². The largest absolute Gasteiger partial charge is 0.497 e. The molecule has 0 bridgehead atoms. The zero-order valence-electron chi connectivity index (χ0n) is 10.1. The second-order valence-electron chi connectivity index (χ2n) is 3.72. The van der Waals surface area contributed by atoms with Crippen molar-refractivity contribution >= 4 is 11.8 Å². The molecule has 1 aliphatic rings. The van der Waals surface area contributed by atoms with Gasteiger partial charge in [-0.25, -0.2) is 4.79 Å². The van der Waals surface area contributed by atoms with Crippen molar-refractivity contribution in [2.24, 2.45) is 0 Å². The first kappa shape index (κ1) is 13.5. The van der Waals surface area contributed by atoms with Gasteiger partial charge in [0.1, 0.15) is 0 Å². The Hall–Kier alpha value is -1.58. The van der Waals surface area contributed by atoms with Gasteiger partial charge in [0.15, 0.2) is 5.78 Å². The Kier molecular flexibility index (Phi) is 6.07. The lowest BCUT2D eigenvalue weighted by atomic mass is 10.1. The number of hydrogen-bond acceptors (Lipinski definition) is 4. The summed E-state index contributed by atoms with van der Waals surface area (Å²) in [6.45, 7) is 2.63. The molecule has 0 aromatic rings. The fourth-order valence-electron chi connectivity index (χ4n) is 1.50. The van der Waals surface area contributed by atoms with Gasteiger partial charge in [0.2, 0.25) is 0 Å². The molecule has 0 fully saturated rings. The van der Waals surface area contributed by atoms with Crippen LogP contribution in [0.3, 0.4) is 0 Å². The van der Waals surface area contributed by atoms with E-state index in [1.54, 1.807) is 19.1 Å². The van der Waals surface area contributed by atoms with Crippen LogP contribution in [0.2, 0.25) is 0 Å². The maximum Gasteiger partial charge on any atom is 0.330 e. The Morgan fingerprint density at radius 3 is 3.00 bits per heavy atom. The molecule has 94 valence electrons. The predicted molar refractivity (Wildman–Crippen MR) is 63.3 cm³/mol. The van der Waals surface area contributed by atoms with Crippen LogP contribution in [0.4, 0.5) is 0 Å². The van der Waals surface area contributed by atoms with Crippen LogP contribution in [-0.4, -0.2) is 25.0 Å². The van der Waals surface area contributed by atoms with Crippen LogP contribution in [0, 0.1) is 0 Å². The quantitative estimate of drug-likeness (QED) is 0.404. The molecule has 0 amide bonds. The Morgan fingerprint density at radius 1 is 1.47 bits per heavy atom. The second-order valence-corrected chi connectivity index (χ2v) is 3.72. The van der Waals surface area contributed by atoms with Gasteiger partial charge in [0.05, 0.1) is 19.0 Å². The Bertz CT molecular complexity index is 328. The van der Waals surface area contributed by atoms with Crippen LogP contribution >= 0.6 is 0 Å². The first-order chi connectivity index (χ1) is 8.22. The molecule has 17 heavy (non-hydrogen) atoms. The van der Waals surface area contributed by atoms with Crippen molar-refractivity contribution in [3.8, 4) is 0 Å². The normalized spacial score (nSPS) is 15.8. The molecule has 0 atom stereocenters. The highest BCUT2D eigenvalue weighted by Crippen LogP contribution is 2.16. The summed E-state index contributed by atoms with van der Waals surface area (Å²) in [5.41, 5.74) is 0. The molecule has 0 aromatic heterocycles. The lowest BCUT2D eigenvalue weighted by Crippen LogP contribution is -2.05. The first-order valence-corrected chi connectivity index (χ1v) is 5.92. The molecule has 0 N–H and O–H groups in total. The van der Waals surface area contributed by atoms with Gasteiger partial charge in [0, 0.05) is 25.0 Å². The molecule has 4 heteroatoms. The summed E-state index contributed by atoms with van der Waals surface area (Å²) < 4.78 is 10.2. The summed E-state index contributed by atoms with van der Waals surface area (Å²) in [6.07, 6.45) is 7.62. The zero-order chi connectivity index (χ0) is 12.5. The minimum atomic E-state index is -0.334. The fraction of sp³-hybridized carbons (Fsp3) is 0.538. The molecule has 0 saturated carbocycles. The van der Waals surface area contributed by atoms with Gasteiger partial charge in [0.25, 0.3) is 0 Å². The lowest BCUT2D eigenvalue weighted by molar-refractivity contribution is -0.137. The summed E-state index contributed by atoms with van der Waals surface area (Å²) in [5.74, 6) is 0.554. The molecule has 0 unspecified atom stereocenters. The third kappa shape index (κ3) is 5.90. The van der Waals surface area contributed by atoms with E-state index in [4.69, 9.17) is 9.47 Å². The maximum absolute atomic E-state index is 11.1. The SMILES string of the molecule is CCOC(=O)/C=C/CCOC1=CC(=O)CCC1. The van der Waals surface area contributed by atoms with Gasteiger partial charge in [-0.3, -0.25) is 4.79 Å². The van der Waals surface area contributed by atoms with Crippen molar-refractivity contribution in [3.05, 3.63) is 24.0 Å². The van der Waals surface area contributed by atoms with Crippen molar-refractivity contribution in [2.75, 3.05) is 13.2 Å². The Morgan fingerprint density at radius 2 is 2.29 bits per heavy atom. The lowest BCUT2D eigenvalue weighted by Gasteiger charge is -2.12. The second kappa shape index (κ2) is 7.65.